The lowest BCUT2D eigenvalue weighted by Crippen LogP contribution is -2.11. The number of hydrogen-bond acceptors (Lipinski definition) is 4. The van der Waals surface area contributed by atoms with E-state index in [-0.39, 0.29) is 5.91 Å². The molecule has 0 unspecified atom stereocenters. The molecule has 0 bridgehead atoms. The molecule has 4 aromatic rings. The molecule has 0 aliphatic carbocycles. The normalized spacial score (nSPS) is 10.7. The van der Waals surface area contributed by atoms with Gasteiger partial charge < -0.3 is 15.1 Å². The van der Waals surface area contributed by atoms with Gasteiger partial charge in [-0.15, -0.1) is 0 Å². The van der Waals surface area contributed by atoms with E-state index >= 15 is 0 Å². The summed E-state index contributed by atoms with van der Waals surface area (Å²) in [5.41, 5.74) is 4.30. The molecule has 0 saturated carbocycles. The van der Waals surface area contributed by atoms with Crippen molar-refractivity contribution in [2.24, 2.45) is 0 Å². The average molecular weight is 332 g/mol. The number of carbonyl (C=O) groups is 1. The van der Waals surface area contributed by atoms with Gasteiger partial charge >= 0.3 is 0 Å². The molecular weight excluding hydrogens is 316 g/mol. The number of aromatic nitrogens is 2. The van der Waals surface area contributed by atoms with Crippen molar-refractivity contribution in [1.29, 1.82) is 0 Å². The van der Waals surface area contributed by atoms with E-state index in [1.807, 2.05) is 30.3 Å². The molecule has 1 amide bonds. The summed E-state index contributed by atoms with van der Waals surface area (Å²) in [6, 6.07) is 15.4. The second-order valence-corrected chi connectivity index (χ2v) is 5.69. The molecule has 6 nitrogen and oxygen atoms in total. The topological polar surface area (TPSA) is 83.0 Å². The van der Waals surface area contributed by atoms with Crippen molar-refractivity contribution in [2.75, 3.05) is 10.6 Å². The van der Waals surface area contributed by atoms with Gasteiger partial charge in [0.05, 0.1) is 23.5 Å². The number of amides is 1. The van der Waals surface area contributed by atoms with E-state index in [1.165, 1.54) is 12.5 Å². The first kappa shape index (κ1) is 15.0. The Labute approximate surface area is 143 Å². The molecule has 3 N–H and O–H groups in total. The van der Waals surface area contributed by atoms with Gasteiger partial charge in [0.15, 0.2) is 0 Å². The van der Waals surface area contributed by atoms with Gasteiger partial charge in [-0.05, 0) is 35.9 Å². The van der Waals surface area contributed by atoms with Gasteiger partial charge in [-0.3, -0.25) is 9.89 Å². The van der Waals surface area contributed by atoms with Crippen LogP contribution in [0, 0.1) is 0 Å². The minimum absolute atomic E-state index is 0.199. The maximum Gasteiger partial charge on any atom is 0.258 e. The van der Waals surface area contributed by atoms with Gasteiger partial charge in [-0.1, -0.05) is 18.2 Å². The SMILES string of the molecule is O=C(Nc1cccc(NCc2ccc3cn[nH]c3c2)c1)c1ccoc1. The number of H-pyrrole nitrogens is 1. The zero-order valence-electron chi connectivity index (χ0n) is 13.3. The highest BCUT2D eigenvalue weighted by Gasteiger charge is 2.07. The Kier molecular flexibility index (Phi) is 3.92. The van der Waals surface area contributed by atoms with Crippen LogP contribution in [0.1, 0.15) is 15.9 Å². The van der Waals surface area contributed by atoms with Crippen LogP contribution >= 0.6 is 0 Å². The molecule has 6 heteroatoms. The number of anilines is 2. The predicted octanol–water partition coefficient (Wildman–Crippen LogP) is 4.02. The Hall–Kier alpha value is -3.54. The van der Waals surface area contributed by atoms with Crippen LogP contribution in [0.15, 0.2) is 71.7 Å². The maximum absolute atomic E-state index is 12.1. The van der Waals surface area contributed by atoms with Gasteiger partial charge in [0, 0.05) is 23.3 Å². The fraction of sp³-hybridized carbons (Fsp3) is 0.0526. The fourth-order valence-electron chi connectivity index (χ4n) is 2.60. The second-order valence-electron chi connectivity index (χ2n) is 5.69. The zero-order chi connectivity index (χ0) is 17.1. The molecule has 0 radical (unpaired) electrons. The summed E-state index contributed by atoms with van der Waals surface area (Å²) in [5.74, 6) is -0.199. The van der Waals surface area contributed by atoms with Crippen molar-refractivity contribution < 1.29 is 9.21 Å². The lowest BCUT2D eigenvalue weighted by atomic mass is 10.1. The van der Waals surface area contributed by atoms with Crippen molar-refractivity contribution in [1.82, 2.24) is 10.2 Å². The fourth-order valence-corrected chi connectivity index (χ4v) is 2.60. The van der Waals surface area contributed by atoms with Crippen LogP contribution in [0.2, 0.25) is 0 Å². The molecule has 0 saturated heterocycles. The molecule has 0 fully saturated rings. The highest BCUT2D eigenvalue weighted by atomic mass is 16.3. The molecule has 2 aromatic heterocycles. The maximum atomic E-state index is 12.1. The van der Waals surface area contributed by atoms with E-state index in [9.17, 15) is 4.79 Å². The molecule has 25 heavy (non-hydrogen) atoms. The number of fused-ring (bicyclic) bond motifs is 1. The molecule has 0 spiro atoms. The monoisotopic (exact) mass is 332 g/mol. The lowest BCUT2D eigenvalue weighted by molar-refractivity contribution is 0.102. The highest BCUT2D eigenvalue weighted by Crippen LogP contribution is 2.18. The standard InChI is InChI=1S/C19H16N4O2/c24-19(15-6-7-25-12-15)22-17-3-1-2-16(9-17)20-10-13-4-5-14-11-21-23-18(14)8-13/h1-9,11-12,20H,10H2,(H,21,23)(H,22,24). The summed E-state index contributed by atoms with van der Waals surface area (Å²) in [6.45, 7) is 0.675. The molecular formula is C19H16N4O2. The minimum Gasteiger partial charge on any atom is -0.472 e. The Morgan fingerprint density at radius 3 is 2.92 bits per heavy atom. The van der Waals surface area contributed by atoms with Crippen LogP contribution in [0.25, 0.3) is 10.9 Å². The number of furan rings is 1. The van der Waals surface area contributed by atoms with Crippen molar-refractivity contribution in [3.05, 3.63) is 78.4 Å². The van der Waals surface area contributed by atoms with E-state index in [2.05, 4.69) is 33.0 Å². The summed E-state index contributed by atoms with van der Waals surface area (Å²) in [4.78, 5) is 12.1. The van der Waals surface area contributed by atoms with Crippen LogP contribution in [-0.4, -0.2) is 16.1 Å². The molecule has 124 valence electrons. The predicted molar refractivity (Wildman–Crippen MR) is 96.5 cm³/mol. The highest BCUT2D eigenvalue weighted by molar-refractivity contribution is 6.04. The molecule has 2 aromatic carbocycles. The average Bonchev–Trinajstić information content (AvgIpc) is 3.31. The summed E-state index contributed by atoms with van der Waals surface area (Å²) < 4.78 is 4.93. The summed E-state index contributed by atoms with van der Waals surface area (Å²) >= 11 is 0. The van der Waals surface area contributed by atoms with E-state index in [4.69, 9.17) is 4.42 Å². The Balaban J connectivity index is 1.43. The Morgan fingerprint density at radius 1 is 1.12 bits per heavy atom. The van der Waals surface area contributed by atoms with Crippen molar-refractivity contribution >= 4 is 28.2 Å². The molecule has 0 atom stereocenters. The third-order valence-corrected chi connectivity index (χ3v) is 3.91. The number of nitrogens with one attached hydrogen (secondary N) is 3. The van der Waals surface area contributed by atoms with E-state index in [0.717, 1.165) is 27.8 Å². The summed E-state index contributed by atoms with van der Waals surface area (Å²) in [5, 5.41) is 14.3. The van der Waals surface area contributed by atoms with E-state index < -0.39 is 0 Å². The van der Waals surface area contributed by atoms with Crippen LogP contribution in [0.5, 0.6) is 0 Å². The minimum atomic E-state index is -0.199. The lowest BCUT2D eigenvalue weighted by Gasteiger charge is -2.09. The molecule has 2 heterocycles. The van der Waals surface area contributed by atoms with Gasteiger partial charge in [0.2, 0.25) is 0 Å². The van der Waals surface area contributed by atoms with Crippen LogP contribution in [-0.2, 0) is 6.54 Å². The van der Waals surface area contributed by atoms with Gasteiger partial charge in [-0.2, -0.15) is 5.10 Å². The Morgan fingerprint density at radius 2 is 2.04 bits per heavy atom. The van der Waals surface area contributed by atoms with Crippen LogP contribution in [0.4, 0.5) is 11.4 Å². The third kappa shape index (κ3) is 3.37. The van der Waals surface area contributed by atoms with Crippen LogP contribution < -0.4 is 10.6 Å². The van der Waals surface area contributed by atoms with Crippen molar-refractivity contribution in [3.8, 4) is 0 Å². The number of hydrogen-bond donors (Lipinski definition) is 3. The quantitative estimate of drug-likeness (QED) is 0.515. The van der Waals surface area contributed by atoms with E-state index in [0.29, 0.717) is 12.1 Å². The summed E-state index contributed by atoms with van der Waals surface area (Å²) in [7, 11) is 0. The van der Waals surface area contributed by atoms with Crippen LogP contribution in [0.3, 0.4) is 0 Å². The second kappa shape index (κ2) is 6.52. The van der Waals surface area contributed by atoms with E-state index in [1.54, 1.807) is 12.3 Å². The van der Waals surface area contributed by atoms with Crippen molar-refractivity contribution in [3.63, 3.8) is 0 Å². The first-order valence-electron chi connectivity index (χ1n) is 7.87. The first-order valence-corrected chi connectivity index (χ1v) is 7.87. The van der Waals surface area contributed by atoms with Gasteiger partial charge in [0.25, 0.3) is 5.91 Å². The number of aromatic amines is 1. The smallest absolute Gasteiger partial charge is 0.258 e. The first-order chi connectivity index (χ1) is 12.3. The molecule has 0 aliphatic heterocycles. The van der Waals surface area contributed by atoms with Crippen molar-refractivity contribution in [2.45, 2.75) is 6.54 Å². The zero-order valence-corrected chi connectivity index (χ0v) is 13.3. The number of nitrogens with zero attached hydrogens (tertiary/aromatic N) is 1. The molecule has 0 aliphatic rings. The number of benzene rings is 2. The molecule has 4 rings (SSSR count). The van der Waals surface area contributed by atoms with Gasteiger partial charge in [-0.25, -0.2) is 0 Å². The third-order valence-electron chi connectivity index (χ3n) is 3.91. The number of carbonyl (C=O) groups excluding carboxylic acids is 1. The summed E-state index contributed by atoms with van der Waals surface area (Å²) in [6.07, 6.45) is 4.70. The largest absolute Gasteiger partial charge is 0.472 e. The Bertz CT molecular complexity index is 1010. The van der Waals surface area contributed by atoms with Gasteiger partial charge in [0.1, 0.15) is 6.26 Å². The number of rotatable bonds is 5.